The van der Waals surface area contributed by atoms with E-state index in [0.29, 0.717) is 32.9 Å². The third kappa shape index (κ3) is 29.6. The maximum atomic E-state index is 11.7. The molecule has 0 radical (unpaired) electrons. The highest BCUT2D eigenvalue weighted by molar-refractivity contribution is 7.06. The van der Waals surface area contributed by atoms with Crippen LogP contribution in [-0.4, -0.2) is 96.2 Å². The minimum atomic E-state index is -2.18. The van der Waals surface area contributed by atoms with Crippen LogP contribution in [0.2, 0.25) is 24.2 Å². The lowest BCUT2D eigenvalue weighted by molar-refractivity contribution is -0.138. The predicted molar refractivity (Wildman–Crippen MR) is 619 cm³/mol. The van der Waals surface area contributed by atoms with Crippen molar-refractivity contribution in [3.05, 3.63) is 297 Å². The van der Waals surface area contributed by atoms with Gasteiger partial charge in [0.15, 0.2) is 0 Å². The third-order valence-electron chi connectivity index (χ3n) is 31.3. The summed E-state index contributed by atoms with van der Waals surface area (Å²) in [5.41, 5.74) is 27.5. The van der Waals surface area contributed by atoms with Gasteiger partial charge in [-0.3, -0.25) is 29.0 Å². The molecule has 0 aliphatic carbocycles. The number of unbranched alkanes of at least 4 members (excludes halogenated alkanes) is 31. The number of nitrogens with zero attached hydrogens (tertiary/aromatic N) is 2. The minimum absolute atomic E-state index is 0.183. The number of amides is 4. The molecule has 0 unspecified atom stereocenters. The molecule has 10 nitrogen and oxygen atoms in total. The molecule has 12 aromatic carbocycles. The Morgan fingerprint density at radius 1 is 0.205 bits per heavy atom. The fourth-order valence-corrected chi connectivity index (χ4v) is 34.0. The van der Waals surface area contributed by atoms with Crippen LogP contribution in [0.1, 0.15) is 277 Å². The first kappa shape index (κ1) is 108. The highest BCUT2D eigenvalue weighted by Crippen LogP contribution is 2.44. The van der Waals surface area contributed by atoms with Gasteiger partial charge >= 0.3 is 0 Å². The van der Waals surface area contributed by atoms with Gasteiger partial charge in [0.25, 0.3) is 23.6 Å². The van der Waals surface area contributed by atoms with Crippen molar-refractivity contribution in [2.75, 3.05) is 46.6 Å². The second-order valence-corrected chi connectivity index (χ2v) is 50.3. The van der Waals surface area contributed by atoms with Crippen molar-refractivity contribution in [3.8, 4) is 129 Å². The number of fused-ring (bicyclic) bond motifs is 6. The Kier molecular flexibility index (Phi) is 42.3. The van der Waals surface area contributed by atoms with E-state index in [1.54, 1.807) is 27.9 Å². The van der Waals surface area contributed by atoms with E-state index < -0.39 is 16.1 Å². The minimum Gasteiger partial charge on any atom is -0.494 e. The SMILES string of the molecule is CCCCCCCC[Si]1(CCCCCCCC)c2cc(-c3ccc(-c4ccc(C)cc4)cc3)ccc2-c2ccc(-c3ccc(-c4ccc(OCCCCCCCCN5C(=O)C=CC5=O)cc4)cc3)cc21.CCCCCCCC[Si]1(CCCCCCCC)c2cc(-c3ccc(-c4ccc(OCCCCCCCCN5C(=O)C=CC5=O)cc4)cc3)ccc2-c2ccc(-c3ccc(-c4ccc(OCCCCOC)cc4)cc3)cc21. The van der Waals surface area contributed by atoms with Gasteiger partial charge in [0.05, 0.1) is 19.8 Å². The Morgan fingerprint density at radius 3 is 0.630 bits per heavy atom. The van der Waals surface area contributed by atoms with Crippen LogP contribution in [0.15, 0.2) is 291 Å². The molecule has 0 spiro atoms. The number of hydrogen-bond acceptors (Lipinski definition) is 8. The standard InChI is InChI=1S/C69H85NO5Si.C65H77NO3Si/c1-4-6-8-10-16-22-50-76(51-23-17-11-9-7-5-2)66-52-60(58-28-24-54(25-29-58)56-32-38-62(39-33-56)74-48-19-15-13-12-14-18-46-70-68(71)44-45-69(70)72)36-42-64(66)65-43-37-61(53-67(65)76)59-30-26-55(27-31-59)57-34-40-63(41-35-57)75-49-21-20-47-73-3;1-4-6-8-10-16-20-46-70(47-21-17-11-9-7-5-2)62-48-57(55-30-26-52(27-31-55)51-24-22-50(3)23-25-51)36-40-60(62)61-41-37-58(49-63(61)70)56-32-28-53(29-33-56)54-34-38-59(39-35-54)69-45-19-15-13-12-14-18-44-66-64(67)42-43-65(66)68/h24-45,52-53H,4-23,46-51H2,1-3H3;22-43,48-49H,4-21,44-47H2,1-3H3. The number of aryl methyl sites for hydroxylation is 1. The fraction of sp³-hybridized carbons (Fsp3) is 0.403. The molecule has 764 valence electrons. The number of benzene rings is 12. The van der Waals surface area contributed by atoms with Crippen LogP contribution in [0.3, 0.4) is 0 Å². The summed E-state index contributed by atoms with van der Waals surface area (Å²) in [6.07, 6.45) is 51.7. The molecular formula is C134H162N2O8Si2. The van der Waals surface area contributed by atoms with Crippen molar-refractivity contribution < 1.29 is 38.1 Å². The van der Waals surface area contributed by atoms with Crippen LogP contribution in [0.5, 0.6) is 17.2 Å². The molecule has 0 atom stereocenters. The molecule has 0 saturated heterocycles. The Hall–Kier alpha value is -11.8. The van der Waals surface area contributed by atoms with E-state index in [9.17, 15) is 19.2 Å². The van der Waals surface area contributed by atoms with Gasteiger partial charge in [-0.05, 0) is 238 Å². The quantitative estimate of drug-likeness (QED) is 0.0211. The van der Waals surface area contributed by atoms with E-state index in [2.05, 4.69) is 302 Å². The van der Waals surface area contributed by atoms with E-state index in [1.807, 2.05) is 0 Å². The molecule has 146 heavy (non-hydrogen) atoms. The Labute approximate surface area is 877 Å². The van der Waals surface area contributed by atoms with Crippen molar-refractivity contribution in [1.29, 1.82) is 0 Å². The highest BCUT2D eigenvalue weighted by atomic mass is 28.3. The molecule has 4 amide bonds. The molecular weight excluding hydrogens is 1820 g/mol. The molecule has 0 bridgehead atoms. The second-order valence-electron chi connectivity index (χ2n) is 41.8. The molecule has 0 fully saturated rings. The molecule has 0 N–H and O–H groups in total. The van der Waals surface area contributed by atoms with E-state index in [1.165, 1.54) is 329 Å². The van der Waals surface area contributed by atoms with Crippen LogP contribution in [0.25, 0.3) is 111 Å². The van der Waals surface area contributed by atoms with E-state index in [4.69, 9.17) is 18.9 Å². The fourth-order valence-electron chi connectivity index (χ4n) is 22.6. The first-order valence-electron chi connectivity index (χ1n) is 56.6. The van der Waals surface area contributed by atoms with Crippen molar-refractivity contribution in [1.82, 2.24) is 9.80 Å². The molecule has 16 rings (SSSR count). The lowest BCUT2D eigenvalue weighted by Crippen LogP contribution is -2.55. The summed E-state index contributed by atoms with van der Waals surface area (Å²) in [5, 5.41) is 6.70. The number of ether oxygens (including phenoxy) is 4. The van der Waals surface area contributed by atoms with Gasteiger partial charge in [-0.15, -0.1) is 0 Å². The summed E-state index contributed by atoms with van der Waals surface area (Å²) < 4.78 is 23.5. The molecule has 0 saturated carbocycles. The topological polar surface area (TPSA) is 112 Å². The number of carbonyl (C=O) groups is 4. The molecule has 4 heterocycles. The van der Waals surface area contributed by atoms with Crippen molar-refractivity contribution in [2.45, 2.75) is 303 Å². The lowest BCUT2D eigenvalue weighted by atomic mass is 9.96. The lowest BCUT2D eigenvalue weighted by Gasteiger charge is -2.31. The van der Waals surface area contributed by atoms with Gasteiger partial charge in [-0.1, -0.05) is 469 Å². The van der Waals surface area contributed by atoms with E-state index in [0.717, 1.165) is 114 Å². The van der Waals surface area contributed by atoms with Crippen molar-refractivity contribution >= 4 is 60.5 Å². The zero-order valence-corrected chi connectivity index (χ0v) is 90.8. The smallest absolute Gasteiger partial charge is 0.253 e. The summed E-state index contributed by atoms with van der Waals surface area (Å²) >= 11 is 0. The van der Waals surface area contributed by atoms with Crippen molar-refractivity contribution in [3.63, 3.8) is 0 Å². The molecule has 12 aromatic rings. The summed E-state index contributed by atoms with van der Waals surface area (Å²) in [4.78, 5) is 49.6. The van der Waals surface area contributed by atoms with Gasteiger partial charge < -0.3 is 18.9 Å². The highest BCUT2D eigenvalue weighted by Gasteiger charge is 2.47. The number of hydrogen-bond donors (Lipinski definition) is 0. The van der Waals surface area contributed by atoms with Crippen molar-refractivity contribution in [2.24, 2.45) is 0 Å². The Morgan fingerprint density at radius 2 is 0.390 bits per heavy atom. The Balaban J connectivity index is 0.000000220. The molecule has 12 heteroatoms. The van der Waals surface area contributed by atoms with Crippen LogP contribution in [0.4, 0.5) is 0 Å². The maximum Gasteiger partial charge on any atom is 0.253 e. The van der Waals surface area contributed by atoms with Crippen LogP contribution in [-0.2, 0) is 23.9 Å². The van der Waals surface area contributed by atoms with Gasteiger partial charge in [-0.25, -0.2) is 0 Å². The Bertz CT molecular complexity index is 6090. The van der Waals surface area contributed by atoms with Gasteiger partial charge in [0, 0.05) is 51.1 Å². The number of carbonyl (C=O) groups excluding carboxylic acids is 4. The zero-order valence-electron chi connectivity index (χ0n) is 88.8. The summed E-state index contributed by atoms with van der Waals surface area (Å²) in [7, 11) is -2.57. The molecule has 4 aliphatic heterocycles. The van der Waals surface area contributed by atoms with Crippen LogP contribution >= 0.6 is 0 Å². The number of methoxy groups -OCH3 is 1. The van der Waals surface area contributed by atoms with Crippen LogP contribution in [0, 0.1) is 6.92 Å². The number of rotatable bonds is 62. The summed E-state index contributed by atoms with van der Waals surface area (Å²) in [6, 6.07) is 107. The summed E-state index contributed by atoms with van der Waals surface area (Å²) in [5.74, 6) is 1.99. The van der Waals surface area contributed by atoms with Gasteiger partial charge in [-0.2, -0.15) is 0 Å². The first-order valence-corrected chi connectivity index (χ1v) is 61.4. The largest absolute Gasteiger partial charge is 0.494 e. The predicted octanol–water partition coefficient (Wildman–Crippen LogP) is 33.6. The molecule has 0 aromatic heterocycles. The molecule has 4 aliphatic rings. The van der Waals surface area contributed by atoms with E-state index in [-0.39, 0.29) is 23.6 Å². The maximum absolute atomic E-state index is 11.7. The van der Waals surface area contributed by atoms with Gasteiger partial charge in [0.1, 0.15) is 33.4 Å². The average molecular weight is 1980 g/mol. The first-order chi connectivity index (χ1) is 71.8. The normalized spacial score (nSPS) is 13.5. The van der Waals surface area contributed by atoms with Crippen LogP contribution < -0.4 is 35.0 Å². The number of imide groups is 2. The van der Waals surface area contributed by atoms with E-state index >= 15 is 0 Å². The monoisotopic (exact) mass is 1980 g/mol. The second kappa shape index (κ2) is 56.9. The third-order valence-corrected chi connectivity index (χ3v) is 41.9. The van der Waals surface area contributed by atoms with Gasteiger partial charge in [0.2, 0.25) is 0 Å². The average Bonchev–Trinajstić information content (AvgIpc) is 1.56. The zero-order chi connectivity index (χ0) is 101. The summed E-state index contributed by atoms with van der Waals surface area (Å²) in [6.45, 7) is 15.4.